The van der Waals surface area contributed by atoms with Gasteiger partial charge in [-0.2, -0.15) is 15.2 Å². The average molecular weight is 825 g/mol. The third-order valence-corrected chi connectivity index (χ3v) is 13.5. The van der Waals surface area contributed by atoms with Gasteiger partial charge in [-0.25, -0.2) is 28.1 Å². The molecule has 2 N–H and O–H groups in total. The van der Waals surface area contributed by atoms with Gasteiger partial charge in [0.25, 0.3) is 24.1 Å². The van der Waals surface area contributed by atoms with Gasteiger partial charge in [0.2, 0.25) is 5.91 Å². The molecule has 6 aliphatic heterocycles. The minimum absolute atomic E-state index is 0.00391. The summed E-state index contributed by atoms with van der Waals surface area (Å²) in [5.74, 6) is -1.05. The molecule has 20 heteroatoms. The first-order valence-electron chi connectivity index (χ1n) is 20.6. The van der Waals surface area contributed by atoms with E-state index in [9.17, 15) is 32.8 Å². The number of carbonyl (C=O) groups is 5. The second kappa shape index (κ2) is 14.0. The van der Waals surface area contributed by atoms with Gasteiger partial charge < -0.3 is 19.9 Å². The maximum absolute atomic E-state index is 14.3. The molecule has 3 aromatic heterocycles. The standard InChI is InChI=1S/C40H42F2N12O6/c41-35(42)34-31(44-37(56)30-14-43-51-9-7-32(45-36(30)51)50-18-27-12-26(50)20-60-27)19-52(47-34)22-3-1-21(2-4-22)15-48-16-25-11-24(48)17-49(25)23-5-6-28-29(13-23)39(58)54(38(28)57)53-10-8-33(55)46-40(53)59/h5-7,9,13-14,19,21-22,24-27,35H,1-4,8,10-12,15-18,20H2,(H,44,56)(H,46,55,59)/t21?,22?,24-,25-,26-,27-/m1/s1. The SMILES string of the molecule is O=C1CCN(N2C(=O)c3ccc(N4C[C@H]5C[C@@H]4CN5CC4CCC(n5cc(NC(=O)c6cnn7ccc(N8C[C@H]9C[C@@H]8CO9)nc67)c(C(F)F)n5)CC4)cc3C2=O)C(=O)N1. The molecule has 9 heterocycles. The molecule has 1 saturated carbocycles. The van der Waals surface area contributed by atoms with Crippen molar-refractivity contribution in [3.63, 3.8) is 0 Å². The summed E-state index contributed by atoms with van der Waals surface area (Å²) in [6.07, 6.45) is 7.24. The van der Waals surface area contributed by atoms with E-state index in [2.05, 4.69) is 35.5 Å². The van der Waals surface area contributed by atoms with Crippen molar-refractivity contribution in [1.82, 2.24) is 44.6 Å². The molecule has 4 atom stereocenters. The minimum atomic E-state index is -2.88. The maximum Gasteiger partial charge on any atom is 0.343 e. The first-order valence-corrected chi connectivity index (χ1v) is 20.6. The number of aromatic nitrogens is 5. The fourth-order valence-electron chi connectivity index (χ4n) is 10.5. The molecule has 4 aromatic rings. The first kappa shape index (κ1) is 37.0. The van der Waals surface area contributed by atoms with Crippen LogP contribution in [0, 0.1) is 5.92 Å². The van der Waals surface area contributed by atoms with Gasteiger partial charge in [0, 0.05) is 62.8 Å². The number of fused-ring (bicyclic) bond motifs is 6. The van der Waals surface area contributed by atoms with E-state index in [4.69, 9.17) is 9.72 Å². The number of imide groups is 2. The Morgan fingerprint density at radius 2 is 1.77 bits per heavy atom. The van der Waals surface area contributed by atoms with Gasteiger partial charge in [0.05, 0.1) is 54.4 Å². The highest BCUT2D eigenvalue weighted by atomic mass is 19.3. The van der Waals surface area contributed by atoms with Crippen LogP contribution in [-0.2, 0) is 9.53 Å². The van der Waals surface area contributed by atoms with Gasteiger partial charge in [-0.1, -0.05) is 0 Å². The molecule has 0 spiro atoms. The Balaban J connectivity index is 0.704. The normalized spacial score (nSPS) is 27.6. The van der Waals surface area contributed by atoms with Crippen molar-refractivity contribution in [1.29, 1.82) is 0 Å². The van der Waals surface area contributed by atoms with Crippen LogP contribution < -0.4 is 20.4 Å². The van der Waals surface area contributed by atoms with E-state index < -0.39 is 41.8 Å². The zero-order valence-corrected chi connectivity index (χ0v) is 32.5. The summed E-state index contributed by atoms with van der Waals surface area (Å²) in [5.41, 5.74) is 1.35. The van der Waals surface area contributed by atoms with Crippen molar-refractivity contribution in [3.05, 3.63) is 65.2 Å². The topological polar surface area (TPSA) is 183 Å². The van der Waals surface area contributed by atoms with Gasteiger partial charge in [-0.05, 0) is 68.7 Å². The number of alkyl halides is 2. The van der Waals surface area contributed by atoms with Crippen LogP contribution in [-0.4, -0.2) is 133 Å². The third-order valence-electron chi connectivity index (χ3n) is 13.5. The molecular weight excluding hydrogens is 783 g/mol. The second-order valence-electron chi connectivity index (χ2n) is 17.0. The first-order chi connectivity index (χ1) is 29.1. The molecule has 6 fully saturated rings. The number of hydrazine groups is 1. The summed E-state index contributed by atoms with van der Waals surface area (Å²) >= 11 is 0. The van der Waals surface area contributed by atoms with Crippen LogP contribution in [0.5, 0.6) is 0 Å². The number of halogens is 2. The number of hydrogen-bond donors (Lipinski definition) is 2. The number of benzene rings is 1. The maximum atomic E-state index is 14.3. The average Bonchev–Trinajstić information content (AvgIpc) is 4.12. The number of ether oxygens (including phenoxy) is 1. The van der Waals surface area contributed by atoms with Crippen LogP contribution >= 0.6 is 0 Å². The summed E-state index contributed by atoms with van der Waals surface area (Å²) in [4.78, 5) is 75.9. The Morgan fingerprint density at radius 3 is 2.50 bits per heavy atom. The molecule has 1 aromatic carbocycles. The number of rotatable bonds is 9. The van der Waals surface area contributed by atoms with Crippen LogP contribution in [0.2, 0.25) is 0 Å². The molecule has 18 nitrogen and oxygen atoms in total. The van der Waals surface area contributed by atoms with Crippen molar-refractivity contribution in [2.24, 2.45) is 5.92 Å². The fraction of sp³-hybridized carbons (Fsp3) is 0.500. The molecule has 5 saturated heterocycles. The van der Waals surface area contributed by atoms with Crippen molar-refractivity contribution in [2.75, 3.05) is 54.4 Å². The highest BCUT2D eigenvalue weighted by Crippen LogP contribution is 2.40. The van der Waals surface area contributed by atoms with Crippen molar-refractivity contribution in [2.45, 2.75) is 81.6 Å². The Labute approximate surface area is 341 Å². The molecular formula is C40H42F2N12O6. The largest absolute Gasteiger partial charge is 0.374 e. The quantitative estimate of drug-likeness (QED) is 0.236. The number of amides is 6. The highest BCUT2D eigenvalue weighted by Gasteiger charge is 2.47. The molecule has 7 aliphatic rings. The summed E-state index contributed by atoms with van der Waals surface area (Å²) in [7, 11) is 0. The van der Waals surface area contributed by atoms with Crippen molar-refractivity contribution < 1.29 is 37.5 Å². The monoisotopic (exact) mass is 824 g/mol. The lowest BCUT2D eigenvalue weighted by Crippen LogP contribution is -2.58. The van der Waals surface area contributed by atoms with E-state index in [0.29, 0.717) is 24.2 Å². The molecule has 4 bridgehead atoms. The number of piperazine rings is 1. The van der Waals surface area contributed by atoms with E-state index in [1.807, 2.05) is 12.1 Å². The minimum Gasteiger partial charge on any atom is -0.374 e. The number of nitrogens with one attached hydrogen (secondary N) is 2. The number of likely N-dealkylation sites (tertiary alicyclic amines) is 1. The van der Waals surface area contributed by atoms with Gasteiger partial charge >= 0.3 is 6.03 Å². The van der Waals surface area contributed by atoms with Crippen LogP contribution in [0.1, 0.15) is 94.2 Å². The van der Waals surface area contributed by atoms with Crippen LogP contribution in [0.3, 0.4) is 0 Å². The van der Waals surface area contributed by atoms with Crippen LogP contribution in [0.15, 0.2) is 42.9 Å². The van der Waals surface area contributed by atoms with Crippen LogP contribution in [0.25, 0.3) is 5.65 Å². The predicted octanol–water partition coefficient (Wildman–Crippen LogP) is 3.24. The van der Waals surface area contributed by atoms with E-state index in [1.54, 1.807) is 23.0 Å². The number of morpholine rings is 1. The van der Waals surface area contributed by atoms with Gasteiger partial charge in [0.15, 0.2) is 11.3 Å². The van der Waals surface area contributed by atoms with Crippen molar-refractivity contribution >= 4 is 52.5 Å². The Hall–Kier alpha value is -6.02. The number of carbonyl (C=O) groups excluding carboxylic acids is 5. The zero-order valence-electron chi connectivity index (χ0n) is 32.5. The Morgan fingerprint density at radius 1 is 0.933 bits per heavy atom. The molecule has 0 radical (unpaired) electrons. The zero-order chi connectivity index (χ0) is 41.0. The summed E-state index contributed by atoms with van der Waals surface area (Å²) in [6, 6.07) is 7.02. The molecule has 1 aliphatic carbocycles. The Bertz CT molecular complexity index is 2470. The molecule has 312 valence electrons. The second-order valence-corrected chi connectivity index (χ2v) is 17.0. The number of hydrogen-bond acceptors (Lipinski definition) is 12. The number of urea groups is 1. The molecule has 11 rings (SSSR count). The fourth-order valence-corrected chi connectivity index (χ4v) is 10.5. The molecule has 6 amide bonds. The van der Waals surface area contributed by atoms with Crippen molar-refractivity contribution in [3.8, 4) is 0 Å². The number of nitrogens with zero attached hydrogens (tertiary/aromatic N) is 10. The highest BCUT2D eigenvalue weighted by molar-refractivity contribution is 6.22. The van der Waals surface area contributed by atoms with E-state index >= 15 is 0 Å². The van der Waals surface area contributed by atoms with Gasteiger partial charge in [-0.3, -0.25) is 34.1 Å². The lowest BCUT2D eigenvalue weighted by molar-refractivity contribution is -0.122. The summed E-state index contributed by atoms with van der Waals surface area (Å²) < 4.78 is 37.5. The van der Waals surface area contributed by atoms with Gasteiger partial charge in [-0.15, -0.1) is 0 Å². The summed E-state index contributed by atoms with van der Waals surface area (Å²) in [5, 5.41) is 15.2. The lowest BCUT2D eigenvalue weighted by atomic mass is 9.85. The smallest absolute Gasteiger partial charge is 0.343 e. The molecule has 60 heavy (non-hydrogen) atoms. The lowest BCUT2D eigenvalue weighted by Gasteiger charge is -2.38. The van der Waals surface area contributed by atoms with Crippen LogP contribution in [0.4, 0.5) is 30.8 Å². The predicted molar refractivity (Wildman–Crippen MR) is 208 cm³/mol. The van der Waals surface area contributed by atoms with E-state index in [-0.39, 0.29) is 59.6 Å². The van der Waals surface area contributed by atoms with E-state index in [1.165, 1.54) is 16.9 Å². The molecule has 0 unspecified atom stereocenters. The third kappa shape index (κ3) is 6.09. The summed E-state index contributed by atoms with van der Waals surface area (Å²) in [6.45, 7) is 3.88. The van der Waals surface area contributed by atoms with E-state index in [0.717, 1.165) is 86.2 Å². The number of anilines is 3. The van der Waals surface area contributed by atoms with Gasteiger partial charge in [0.1, 0.15) is 11.4 Å². The Kier molecular flexibility index (Phi) is 8.66.